The smallest absolute Gasteiger partial charge is 0.416 e. The number of hydrogen-bond donors (Lipinski definition) is 1. The highest BCUT2D eigenvalue weighted by Crippen LogP contribution is 2.31. The van der Waals surface area contributed by atoms with Crippen LogP contribution in [0.2, 0.25) is 0 Å². The number of rotatable bonds is 7. The van der Waals surface area contributed by atoms with Gasteiger partial charge in [0.25, 0.3) is 5.91 Å². The Morgan fingerprint density at radius 1 is 1.22 bits per heavy atom. The molecule has 0 bridgehead atoms. The average Bonchev–Trinajstić information content (AvgIpc) is 3.34. The first-order valence-corrected chi connectivity index (χ1v) is 9.65. The maximum absolute atomic E-state index is 12.7. The van der Waals surface area contributed by atoms with E-state index in [1.54, 1.807) is 11.3 Å². The van der Waals surface area contributed by atoms with E-state index in [0.29, 0.717) is 6.54 Å². The van der Waals surface area contributed by atoms with Crippen molar-refractivity contribution in [2.24, 2.45) is 0 Å². The fourth-order valence-corrected chi connectivity index (χ4v) is 3.98. The quantitative estimate of drug-likeness (QED) is 0.764. The summed E-state index contributed by atoms with van der Waals surface area (Å²) in [5.74, 6) is -0.331. The van der Waals surface area contributed by atoms with Crippen LogP contribution in [0.5, 0.6) is 5.75 Å². The number of halogens is 3. The molecule has 8 heteroatoms. The third-order valence-corrected chi connectivity index (χ3v) is 5.45. The van der Waals surface area contributed by atoms with E-state index in [4.69, 9.17) is 4.74 Å². The van der Waals surface area contributed by atoms with E-state index >= 15 is 0 Å². The number of ether oxygens (including phenoxy) is 1. The summed E-state index contributed by atoms with van der Waals surface area (Å²) in [6, 6.07) is 8.68. The monoisotopic (exact) mass is 398 g/mol. The van der Waals surface area contributed by atoms with Gasteiger partial charge in [0.1, 0.15) is 5.75 Å². The molecule has 1 saturated heterocycles. The van der Waals surface area contributed by atoms with Crippen LogP contribution in [0.15, 0.2) is 41.8 Å². The van der Waals surface area contributed by atoms with Crippen LogP contribution in [-0.4, -0.2) is 37.0 Å². The number of likely N-dealkylation sites (tertiary alicyclic amines) is 1. The summed E-state index contributed by atoms with van der Waals surface area (Å²) in [6.07, 6.45) is -2.14. The molecule has 1 aliphatic rings. The average molecular weight is 398 g/mol. The molecule has 1 aromatic heterocycles. The molecular weight excluding hydrogens is 377 g/mol. The van der Waals surface area contributed by atoms with Gasteiger partial charge in [0.2, 0.25) is 0 Å². The molecule has 1 atom stereocenters. The van der Waals surface area contributed by atoms with Crippen molar-refractivity contribution >= 4 is 17.2 Å². The second-order valence-electron chi connectivity index (χ2n) is 6.39. The zero-order valence-corrected chi connectivity index (χ0v) is 15.5. The van der Waals surface area contributed by atoms with Crippen LogP contribution >= 0.6 is 11.3 Å². The topological polar surface area (TPSA) is 41.6 Å². The third kappa shape index (κ3) is 5.46. The second kappa shape index (κ2) is 8.75. The standard InChI is InChI=1S/C19H21F3N2O2S/c20-19(21,22)14-5-3-6-15(11-14)26-13-18(25)23-12-16(17-7-4-10-27-17)24-8-1-2-9-24/h3-7,10-11,16H,1-2,8-9,12-13H2,(H,23,25). The van der Waals surface area contributed by atoms with Gasteiger partial charge >= 0.3 is 6.18 Å². The highest BCUT2D eigenvalue weighted by molar-refractivity contribution is 7.10. The zero-order valence-electron chi connectivity index (χ0n) is 14.7. The van der Waals surface area contributed by atoms with Gasteiger partial charge in [-0.25, -0.2) is 0 Å². The molecule has 1 unspecified atom stereocenters. The van der Waals surface area contributed by atoms with Crippen molar-refractivity contribution in [3.8, 4) is 5.75 Å². The molecule has 0 radical (unpaired) electrons. The predicted molar refractivity (Wildman–Crippen MR) is 97.8 cm³/mol. The van der Waals surface area contributed by atoms with E-state index in [1.807, 2.05) is 11.4 Å². The lowest BCUT2D eigenvalue weighted by Crippen LogP contribution is -2.38. The van der Waals surface area contributed by atoms with Crippen molar-refractivity contribution in [1.82, 2.24) is 10.2 Å². The molecule has 27 heavy (non-hydrogen) atoms. The number of hydrogen-bond acceptors (Lipinski definition) is 4. The number of benzene rings is 1. The van der Waals surface area contributed by atoms with E-state index in [2.05, 4.69) is 16.3 Å². The van der Waals surface area contributed by atoms with Crippen molar-refractivity contribution in [2.75, 3.05) is 26.2 Å². The molecule has 3 rings (SSSR count). The maximum Gasteiger partial charge on any atom is 0.416 e. The van der Waals surface area contributed by atoms with Crippen molar-refractivity contribution in [1.29, 1.82) is 0 Å². The first-order valence-electron chi connectivity index (χ1n) is 8.78. The van der Waals surface area contributed by atoms with Crippen LogP contribution in [0.25, 0.3) is 0 Å². The van der Waals surface area contributed by atoms with Crippen molar-refractivity contribution in [3.63, 3.8) is 0 Å². The second-order valence-corrected chi connectivity index (χ2v) is 7.37. The largest absolute Gasteiger partial charge is 0.484 e. The Kier molecular flexibility index (Phi) is 6.38. The van der Waals surface area contributed by atoms with Crippen LogP contribution < -0.4 is 10.1 Å². The van der Waals surface area contributed by atoms with Gasteiger partial charge in [-0.05, 0) is 55.6 Å². The highest BCUT2D eigenvalue weighted by atomic mass is 32.1. The maximum atomic E-state index is 12.7. The molecule has 1 aliphatic heterocycles. The van der Waals surface area contributed by atoms with Crippen molar-refractivity contribution < 1.29 is 22.7 Å². The number of carbonyl (C=O) groups is 1. The van der Waals surface area contributed by atoms with Crippen LogP contribution in [0.1, 0.15) is 29.3 Å². The molecule has 2 aromatic rings. The molecule has 146 valence electrons. The predicted octanol–water partition coefficient (Wildman–Crippen LogP) is 4.10. The molecule has 1 amide bonds. The van der Waals surface area contributed by atoms with E-state index < -0.39 is 11.7 Å². The lowest BCUT2D eigenvalue weighted by atomic mass is 10.2. The Hall–Kier alpha value is -2.06. The lowest BCUT2D eigenvalue weighted by molar-refractivity contribution is -0.137. The Labute approximate surface area is 159 Å². The Balaban J connectivity index is 1.53. The molecule has 2 heterocycles. The van der Waals surface area contributed by atoms with Gasteiger partial charge in [-0.1, -0.05) is 12.1 Å². The number of nitrogens with one attached hydrogen (secondary N) is 1. The van der Waals surface area contributed by atoms with Gasteiger partial charge in [0.15, 0.2) is 6.61 Å². The summed E-state index contributed by atoms with van der Waals surface area (Å²) >= 11 is 1.65. The van der Waals surface area contributed by atoms with Gasteiger partial charge < -0.3 is 10.1 Å². The number of carbonyl (C=O) groups excluding carboxylic acids is 1. The van der Waals surface area contributed by atoms with Gasteiger partial charge in [-0.3, -0.25) is 9.69 Å². The minimum Gasteiger partial charge on any atom is -0.484 e. The summed E-state index contributed by atoms with van der Waals surface area (Å²) < 4.78 is 43.4. The van der Waals surface area contributed by atoms with E-state index in [1.165, 1.54) is 17.0 Å². The number of alkyl halides is 3. The summed E-state index contributed by atoms with van der Waals surface area (Å²) in [5, 5.41) is 4.85. The molecule has 0 aliphatic carbocycles. The SMILES string of the molecule is O=C(COc1cccc(C(F)(F)F)c1)NCC(c1cccs1)N1CCCC1. The van der Waals surface area contributed by atoms with Crippen LogP contribution in [0.3, 0.4) is 0 Å². The van der Waals surface area contributed by atoms with Gasteiger partial charge in [-0.15, -0.1) is 11.3 Å². The van der Waals surface area contributed by atoms with Crippen molar-refractivity contribution in [3.05, 3.63) is 52.2 Å². The van der Waals surface area contributed by atoms with Crippen LogP contribution in [-0.2, 0) is 11.0 Å². The van der Waals surface area contributed by atoms with E-state index in [-0.39, 0.29) is 24.3 Å². The van der Waals surface area contributed by atoms with Gasteiger partial charge in [0, 0.05) is 11.4 Å². The van der Waals surface area contributed by atoms with Crippen molar-refractivity contribution in [2.45, 2.75) is 25.1 Å². The molecule has 4 nitrogen and oxygen atoms in total. The molecule has 0 saturated carbocycles. The lowest BCUT2D eigenvalue weighted by Gasteiger charge is -2.26. The fraction of sp³-hybridized carbons (Fsp3) is 0.421. The first-order chi connectivity index (χ1) is 12.9. The fourth-order valence-electron chi connectivity index (χ4n) is 3.12. The first kappa shape index (κ1) is 19.7. The summed E-state index contributed by atoms with van der Waals surface area (Å²) in [7, 11) is 0. The molecule has 0 spiro atoms. The van der Waals surface area contributed by atoms with Gasteiger partial charge in [-0.2, -0.15) is 13.2 Å². The van der Waals surface area contributed by atoms with E-state index in [0.717, 1.165) is 38.1 Å². The number of thiophene rings is 1. The summed E-state index contributed by atoms with van der Waals surface area (Å²) in [6.45, 7) is 2.13. The Morgan fingerprint density at radius 2 is 2.00 bits per heavy atom. The zero-order chi connectivity index (χ0) is 19.3. The minimum atomic E-state index is -4.44. The molecule has 1 N–H and O–H groups in total. The molecular formula is C19H21F3N2O2S. The highest BCUT2D eigenvalue weighted by Gasteiger charge is 2.30. The third-order valence-electron chi connectivity index (χ3n) is 4.48. The minimum absolute atomic E-state index is 0.0225. The molecule has 1 aromatic carbocycles. The summed E-state index contributed by atoms with van der Waals surface area (Å²) in [4.78, 5) is 15.7. The van der Waals surface area contributed by atoms with Crippen LogP contribution in [0, 0.1) is 0 Å². The molecule has 1 fully saturated rings. The van der Waals surface area contributed by atoms with E-state index in [9.17, 15) is 18.0 Å². The normalized spacial score (nSPS) is 16.3. The number of nitrogens with zero attached hydrogens (tertiary/aromatic N) is 1. The van der Waals surface area contributed by atoms with Gasteiger partial charge in [0.05, 0.1) is 11.6 Å². The number of amides is 1. The van der Waals surface area contributed by atoms with Crippen LogP contribution in [0.4, 0.5) is 13.2 Å². The Bertz CT molecular complexity index is 744. The summed E-state index contributed by atoms with van der Waals surface area (Å²) in [5.41, 5.74) is -0.799. The Morgan fingerprint density at radius 3 is 2.67 bits per heavy atom.